The number of amides is 2. The van der Waals surface area contributed by atoms with Crippen LogP contribution in [-0.4, -0.2) is 252 Å². The Hall–Kier alpha value is -3.50. The molecule has 1 aromatic carbocycles. The molecule has 1 saturated carbocycles. The van der Waals surface area contributed by atoms with E-state index in [2.05, 4.69) is 29.2 Å². The van der Waals surface area contributed by atoms with Crippen molar-refractivity contribution < 1.29 is 112 Å². The highest BCUT2D eigenvalue weighted by Gasteiger charge is 2.57. The number of fused-ring (bicyclic) bond motifs is 3. The van der Waals surface area contributed by atoms with Crippen LogP contribution in [0, 0.1) is 57.8 Å². The van der Waals surface area contributed by atoms with Crippen LogP contribution < -0.4 is 19.7 Å². The average Bonchev–Trinajstić information content (AvgIpc) is 1.74. The van der Waals surface area contributed by atoms with E-state index in [1.54, 1.807) is 62.2 Å². The molecule has 2 aliphatic carbocycles. The number of allylic oxidation sites excluding steroid dienone is 2. The molecule has 31 heteroatoms. The average molecular weight is 1490 g/mol. The van der Waals surface area contributed by atoms with Crippen LogP contribution in [0.3, 0.4) is 0 Å². The number of halogens is 1. The number of aliphatic hydroxyl groups excluding tert-OH is 6. The summed E-state index contributed by atoms with van der Waals surface area (Å²) >= 11 is 7.50. The molecule has 2 amide bonds. The summed E-state index contributed by atoms with van der Waals surface area (Å²) in [5, 5.41) is 79.1. The first-order valence-corrected chi connectivity index (χ1v) is 35.8. The minimum atomic E-state index is -2.09. The number of nitrogens with one attached hydrogen (secondary N) is 1. The lowest BCUT2D eigenvalue weighted by molar-refractivity contribution is -0.339. The second-order valence-corrected chi connectivity index (χ2v) is 29.6. The number of likely N-dealkylation sites (N-methyl/N-ethyl adjacent to an activating group) is 1. The molecular weight excluding hydrogens is 1410 g/mol. The molecular formula is C62H82IN3O23S4. The first-order chi connectivity index (χ1) is 44.4. The molecule has 514 valence electrons. The van der Waals surface area contributed by atoms with Gasteiger partial charge in [0.2, 0.25) is 29.0 Å². The van der Waals surface area contributed by atoms with Crippen LogP contribution in [-0.2, 0) is 57.2 Å². The molecule has 1 aromatic rings. The van der Waals surface area contributed by atoms with Crippen LogP contribution in [0.5, 0.6) is 17.2 Å². The predicted molar refractivity (Wildman–Crippen MR) is 348 cm³/mol. The maximum atomic E-state index is 14.5. The van der Waals surface area contributed by atoms with E-state index >= 15 is 0 Å². The fraction of sp³-hybridized carbons (Fsp3) is 0.694. The number of methoxy groups -OCH3 is 3. The SMILES string of the molecule is CCN(C(C)=O)C1COC(OC2C(O[C@H]3C#C/C=C\C#C[C@]4(O)CC(=O)C(CC(=O)OC)[C@H]3/C4=C/CSCC(=O)N3C4SCS[C@H]43)OC(C)C(NOC3CC(O)C(SC(=O)c4c(C)c(I)c(OC5OC(C)C(O)C(CO)C5O)c(OC)c4OC)C(C)O3)C2O)CC1CO. The molecule has 23 atom stereocenters. The molecule has 6 saturated heterocycles. The Balaban J connectivity index is 0.945. The van der Waals surface area contributed by atoms with Gasteiger partial charge in [-0.15, -0.1) is 35.3 Å². The van der Waals surface area contributed by atoms with Crippen molar-refractivity contribution in [3.8, 4) is 40.9 Å². The molecule has 93 heavy (non-hydrogen) atoms. The molecule has 0 spiro atoms. The molecule has 0 aromatic heterocycles. The number of aliphatic hydroxyl groups is 7. The molecule has 8 aliphatic rings. The maximum Gasteiger partial charge on any atom is 0.306 e. The first-order valence-electron chi connectivity index (χ1n) is 30.6. The van der Waals surface area contributed by atoms with Crippen molar-refractivity contribution in [2.75, 3.05) is 64.3 Å². The molecule has 8 N–H and O–H groups in total. The van der Waals surface area contributed by atoms with E-state index in [-0.39, 0.29) is 88.5 Å². The number of carbonyl (C=O) groups excluding carboxylic acids is 5. The third-order valence-electron chi connectivity index (χ3n) is 18.0. The highest BCUT2D eigenvalue weighted by molar-refractivity contribution is 14.1. The number of nitrogens with zero attached hydrogens (tertiary/aromatic N) is 2. The van der Waals surface area contributed by atoms with Crippen LogP contribution >= 0.6 is 69.6 Å². The van der Waals surface area contributed by atoms with Crippen molar-refractivity contribution in [2.24, 2.45) is 23.7 Å². The quantitative estimate of drug-likeness (QED) is 0.0147. The second-order valence-electron chi connectivity index (χ2n) is 23.8. The Morgan fingerprint density at radius 2 is 1.61 bits per heavy atom. The van der Waals surface area contributed by atoms with E-state index in [1.165, 1.54) is 52.2 Å². The van der Waals surface area contributed by atoms with Gasteiger partial charge in [-0.3, -0.25) is 28.8 Å². The lowest BCUT2D eigenvalue weighted by atomic mass is 9.64. The number of benzene rings is 1. The second kappa shape index (κ2) is 32.5. The number of ether oxygens (including phenoxy) is 10. The van der Waals surface area contributed by atoms with Crippen molar-refractivity contribution in [1.29, 1.82) is 0 Å². The van der Waals surface area contributed by atoms with Crippen molar-refractivity contribution >= 4 is 98.3 Å². The lowest BCUT2D eigenvalue weighted by Gasteiger charge is -2.48. The zero-order valence-electron chi connectivity index (χ0n) is 52.8. The molecule has 19 unspecified atom stereocenters. The van der Waals surface area contributed by atoms with Crippen LogP contribution in [0.25, 0.3) is 0 Å². The van der Waals surface area contributed by atoms with Crippen LogP contribution in [0.2, 0.25) is 0 Å². The topological polar surface area (TPSA) is 347 Å². The Bertz CT molecular complexity index is 3070. The monoisotopic (exact) mass is 1490 g/mol. The smallest absolute Gasteiger partial charge is 0.306 e. The Labute approximate surface area is 570 Å². The van der Waals surface area contributed by atoms with E-state index in [0.29, 0.717) is 15.7 Å². The zero-order valence-corrected chi connectivity index (χ0v) is 58.2. The van der Waals surface area contributed by atoms with Crippen LogP contribution in [0.15, 0.2) is 23.8 Å². The van der Waals surface area contributed by atoms with E-state index in [9.17, 15) is 59.7 Å². The van der Waals surface area contributed by atoms with Crippen LogP contribution in [0.4, 0.5) is 0 Å². The summed E-state index contributed by atoms with van der Waals surface area (Å²) in [7, 11) is 3.86. The number of ketones is 1. The van der Waals surface area contributed by atoms with Gasteiger partial charge < -0.3 is 92.9 Å². The lowest BCUT2D eigenvalue weighted by Crippen LogP contribution is -2.65. The van der Waals surface area contributed by atoms with E-state index in [4.69, 9.17) is 52.2 Å². The van der Waals surface area contributed by atoms with Gasteiger partial charge in [-0.05, 0) is 80.5 Å². The van der Waals surface area contributed by atoms with E-state index in [1.807, 2.05) is 34.4 Å². The fourth-order valence-corrected chi connectivity index (χ4v) is 18.7. The summed E-state index contributed by atoms with van der Waals surface area (Å²) in [5.41, 5.74) is 1.50. The summed E-state index contributed by atoms with van der Waals surface area (Å²) in [6.45, 7) is 9.12. The normalized spacial score (nSPS) is 37.9. The Kier molecular flexibility index (Phi) is 25.7. The van der Waals surface area contributed by atoms with Gasteiger partial charge >= 0.3 is 5.97 Å². The van der Waals surface area contributed by atoms with Crippen molar-refractivity contribution in [2.45, 2.75) is 181 Å². The number of hydrogen-bond donors (Lipinski definition) is 8. The highest BCUT2D eigenvalue weighted by atomic mass is 127. The number of thioether (sulfide) groups is 4. The first kappa shape index (κ1) is 73.7. The van der Waals surface area contributed by atoms with Gasteiger partial charge in [0, 0.05) is 67.4 Å². The fourth-order valence-electron chi connectivity index (χ4n) is 13.0. The summed E-state index contributed by atoms with van der Waals surface area (Å²) in [6, 6.07) is -1.69. The van der Waals surface area contributed by atoms with E-state index in [0.717, 1.165) is 16.8 Å². The standard InChI is InChI=1S/C62H82IN3O23S4/c1-10-65(32(6)69)37-25-82-43(19-33(37)23-67)87-54-51(76)48(64-89-44-21-38(70)56(31(5)83-44)93-59(77)45-28(2)47(63)53(55(81-9)52(45)80-8)88-60-50(75)35(24-68)49(74)30(4)85-60)29(3)84-61(54)86-40-15-13-11-12-14-17-62(78)22-39(71)34(20-42(73)79-7)46(40)36(62)16-18-90-26-41(72)66-57-58(66)92-27-91-57/h11-12,16,29-31,33-35,37-38,40,43-44,46,48-51,54,56-58,60-61,64,67-68,70,74-76,78H,10,18-27H2,1-9H3/b12-11-,36-16-/t29?,30?,31?,33?,34?,35?,37?,38?,40-,43?,44?,46-,48?,49?,50?,51?,54?,56?,57+,58?,60?,61?,62-,66?/m0/s1. The number of carbonyl (C=O) groups is 5. The molecule has 0 radical (unpaired) electrons. The molecule has 6 aliphatic heterocycles. The maximum absolute atomic E-state index is 14.5. The summed E-state index contributed by atoms with van der Waals surface area (Å²) in [5.74, 6) is 6.58. The van der Waals surface area contributed by atoms with Gasteiger partial charge in [0.1, 0.15) is 40.9 Å². The molecule has 7 fully saturated rings. The third-order valence-corrected chi connectivity index (χ3v) is 24.5. The summed E-state index contributed by atoms with van der Waals surface area (Å²) in [6.07, 6.45) is -12.9. The predicted octanol–water partition coefficient (Wildman–Crippen LogP) is 1.83. The van der Waals surface area contributed by atoms with E-state index < -0.39 is 163 Å². The van der Waals surface area contributed by atoms with Crippen molar-refractivity contribution in [1.82, 2.24) is 15.3 Å². The van der Waals surface area contributed by atoms with Gasteiger partial charge in [0.05, 0.1) is 110 Å². The van der Waals surface area contributed by atoms with Crippen molar-refractivity contribution in [3.05, 3.63) is 38.5 Å². The molecule has 9 rings (SSSR count). The number of hydroxylamine groups is 1. The Morgan fingerprint density at radius 1 is 0.903 bits per heavy atom. The molecule has 2 bridgehead atoms. The Morgan fingerprint density at radius 3 is 2.27 bits per heavy atom. The van der Waals surface area contributed by atoms with Gasteiger partial charge in [0.15, 0.2) is 36.0 Å². The number of esters is 1. The summed E-state index contributed by atoms with van der Waals surface area (Å²) < 4.78 is 61.7. The minimum absolute atomic E-state index is 0.00440. The van der Waals surface area contributed by atoms with Gasteiger partial charge in [-0.1, -0.05) is 41.5 Å². The zero-order chi connectivity index (χ0) is 67.3. The van der Waals surface area contributed by atoms with Crippen molar-refractivity contribution in [3.63, 3.8) is 0 Å². The summed E-state index contributed by atoms with van der Waals surface area (Å²) in [4.78, 5) is 77.7. The number of Topliss-reactive ketones (excluding diaryl/α,β-unsaturated/α-hetero) is 1. The molecule has 26 nitrogen and oxygen atoms in total. The van der Waals surface area contributed by atoms with Gasteiger partial charge in [-0.2, -0.15) is 5.48 Å². The minimum Gasteiger partial charge on any atom is -0.492 e. The third kappa shape index (κ3) is 16.1. The van der Waals surface area contributed by atoms with Crippen LogP contribution in [0.1, 0.15) is 76.2 Å². The number of hydrogen-bond acceptors (Lipinski definition) is 28. The van der Waals surface area contributed by atoms with Gasteiger partial charge in [-0.25, -0.2) is 0 Å². The van der Waals surface area contributed by atoms with Gasteiger partial charge in [0.25, 0.3) is 0 Å². The largest absolute Gasteiger partial charge is 0.492 e. The number of rotatable bonds is 23. The molecule has 6 heterocycles. The highest BCUT2D eigenvalue weighted by Crippen LogP contribution is 2.54.